The van der Waals surface area contributed by atoms with E-state index >= 15 is 0 Å². The number of hydrogen-bond donors (Lipinski definition) is 1. The Morgan fingerprint density at radius 2 is 2.18 bits per heavy atom. The van der Waals surface area contributed by atoms with E-state index < -0.39 is 0 Å². The summed E-state index contributed by atoms with van der Waals surface area (Å²) < 4.78 is 10.4. The molecule has 0 spiro atoms. The first-order chi connectivity index (χ1) is 8.08. The minimum Gasteiger partial charge on any atom is -0.469 e. The van der Waals surface area contributed by atoms with E-state index in [1.807, 2.05) is 13.0 Å². The Balaban J connectivity index is 2.14. The topological polar surface area (TPSA) is 78.1 Å². The summed E-state index contributed by atoms with van der Waals surface area (Å²) in [4.78, 5) is 4.32. The number of furan rings is 1. The molecule has 0 aliphatic carbocycles. The first-order valence-electron chi connectivity index (χ1n) is 5.70. The molecule has 5 nitrogen and oxygen atoms in total. The maximum atomic E-state index is 5.96. The van der Waals surface area contributed by atoms with Crippen LogP contribution in [0.25, 0.3) is 11.4 Å². The van der Waals surface area contributed by atoms with Gasteiger partial charge in [0.1, 0.15) is 5.76 Å². The van der Waals surface area contributed by atoms with E-state index in [0.29, 0.717) is 24.1 Å². The van der Waals surface area contributed by atoms with E-state index in [9.17, 15) is 0 Å². The SMILES string of the molecule is Cc1occc1-c1noc(CC(N)C(C)C)n1. The fourth-order valence-corrected chi connectivity index (χ4v) is 1.50. The van der Waals surface area contributed by atoms with Gasteiger partial charge >= 0.3 is 0 Å². The molecule has 5 heteroatoms. The Morgan fingerprint density at radius 1 is 1.41 bits per heavy atom. The van der Waals surface area contributed by atoms with E-state index in [4.69, 9.17) is 14.7 Å². The Labute approximate surface area is 100.0 Å². The van der Waals surface area contributed by atoms with Crippen LogP contribution in [0.1, 0.15) is 25.5 Å². The van der Waals surface area contributed by atoms with Crippen molar-refractivity contribution in [3.05, 3.63) is 24.0 Å². The molecular formula is C12H17N3O2. The number of rotatable bonds is 4. The van der Waals surface area contributed by atoms with Gasteiger partial charge in [0.15, 0.2) is 0 Å². The summed E-state index contributed by atoms with van der Waals surface area (Å²) >= 11 is 0. The first kappa shape index (κ1) is 11.9. The van der Waals surface area contributed by atoms with Crippen molar-refractivity contribution in [3.63, 3.8) is 0 Å². The van der Waals surface area contributed by atoms with Crippen molar-refractivity contribution >= 4 is 0 Å². The van der Waals surface area contributed by atoms with Gasteiger partial charge in [-0.15, -0.1) is 0 Å². The van der Waals surface area contributed by atoms with E-state index in [1.54, 1.807) is 6.26 Å². The van der Waals surface area contributed by atoms with Gasteiger partial charge in [-0.3, -0.25) is 0 Å². The molecule has 0 bridgehead atoms. The van der Waals surface area contributed by atoms with E-state index in [2.05, 4.69) is 24.0 Å². The summed E-state index contributed by atoms with van der Waals surface area (Å²) in [6.45, 7) is 6.01. The number of nitrogens with zero attached hydrogens (tertiary/aromatic N) is 2. The van der Waals surface area contributed by atoms with Crippen LogP contribution in [0, 0.1) is 12.8 Å². The Bertz CT molecular complexity index is 487. The molecule has 1 atom stereocenters. The van der Waals surface area contributed by atoms with Crippen LogP contribution in [0.5, 0.6) is 0 Å². The third-order valence-electron chi connectivity index (χ3n) is 2.83. The number of aryl methyl sites for hydroxylation is 1. The predicted molar refractivity (Wildman–Crippen MR) is 63.3 cm³/mol. The summed E-state index contributed by atoms with van der Waals surface area (Å²) in [5, 5.41) is 3.93. The molecule has 0 aliphatic rings. The fourth-order valence-electron chi connectivity index (χ4n) is 1.50. The molecule has 2 rings (SSSR count). The van der Waals surface area contributed by atoms with Gasteiger partial charge in [-0.05, 0) is 18.9 Å². The highest BCUT2D eigenvalue weighted by Gasteiger charge is 2.16. The maximum Gasteiger partial charge on any atom is 0.228 e. The smallest absolute Gasteiger partial charge is 0.228 e. The van der Waals surface area contributed by atoms with Crippen LogP contribution >= 0.6 is 0 Å². The first-order valence-corrected chi connectivity index (χ1v) is 5.70. The Hall–Kier alpha value is -1.62. The number of aromatic nitrogens is 2. The maximum absolute atomic E-state index is 5.96. The lowest BCUT2D eigenvalue weighted by Crippen LogP contribution is -2.28. The molecule has 17 heavy (non-hydrogen) atoms. The highest BCUT2D eigenvalue weighted by molar-refractivity contribution is 5.56. The standard InChI is InChI=1S/C12H17N3O2/c1-7(2)10(13)6-11-14-12(15-17-11)9-4-5-16-8(9)3/h4-5,7,10H,6,13H2,1-3H3. The van der Waals surface area contributed by atoms with Crippen molar-refractivity contribution in [2.45, 2.75) is 33.2 Å². The molecule has 2 N–H and O–H groups in total. The monoisotopic (exact) mass is 235 g/mol. The van der Waals surface area contributed by atoms with Crippen molar-refractivity contribution in [3.8, 4) is 11.4 Å². The zero-order valence-corrected chi connectivity index (χ0v) is 10.3. The van der Waals surface area contributed by atoms with Crippen LogP contribution in [-0.2, 0) is 6.42 Å². The molecule has 0 amide bonds. The summed E-state index contributed by atoms with van der Waals surface area (Å²) in [6, 6.07) is 1.86. The Morgan fingerprint density at radius 3 is 2.76 bits per heavy atom. The van der Waals surface area contributed by atoms with Crippen LogP contribution in [0.3, 0.4) is 0 Å². The van der Waals surface area contributed by atoms with Gasteiger partial charge in [-0.1, -0.05) is 19.0 Å². The highest BCUT2D eigenvalue weighted by atomic mass is 16.5. The molecule has 2 aromatic heterocycles. The second-order valence-electron chi connectivity index (χ2n) is 4.51. The predicted octanol–water partition coefficient (Wildman–Crippen LogP) is 2.16. The second kappa shape index (κ2) is 4.71. The van der Waals surface area contributed by atoms with Gasteiger partial charge in [0.05, 0.1) is 11.8 Å². The van der Waals surface area contributed by atoms with Crippen molar-refractivity contribution in [2.24, 2.45) is 11.7 Å². The van der Waals surface area contributed by atoms with Crippen LogP contribution in [0.4, 0.5) is 0 Å². The van der Waals surface area contributed by atoms with Crippen molar-refractivity contribution in [2.75, 3.05) is 0 Å². The van der Waals surface area contributed by atoms with Crippen molar-refractivity contribution in [1.29, 1.82) is 0 Å². The molecule has 2 heterocycles. The zero-order chi connectivity index (χ0) is 12.4. The van der Waals surface area contributed by atoms with Gasteiger partial charge in [0.25, 0.3) is 0 Å². The molecule has 1 unspecified atom stereocenters. The molecule has 0 radical (unpaired) electrons. The Kier molecular flexibility index (Phi) is 3.28. The molecule has 0 aromatic carbocycles. The summed E-state index contributed by atoms with van der Waals surface area (Å²) in [5.41, 5.74) is 6.82. The molecule has 0 fully saturated rings. The van der Waals surface area contributed by atoms with Gasteiger partial charge in [0, 0.05) is 12.5 Å². The van der Waals surface area contributed by atoms with Crippen LogP contribution in [0.15, 0.2) is 21.3 Å². The van der Waals surface area contributed by atoms with Crippen LogP contribution in [0.2, 0.25) is 0 Å². The van der Waals surface area contributed by atoms with E-state index in [1.165, 1.54) is 0 Å². The number of nitrogens with two attached hydrogens (primary N) is 1. The van der Waals surface area contributed by atoms with Gasteiger partial charge in [-0.2, -0.15) is 4.98 Å². The molecule has 0 saturated carbocycles. The average Bonchev–Trinajstić information content (AvgIpc) is 2.86. The van der Waals surface area contributed by atoms with Gasteiger partial charge < -0.3 is 14.7 Å². The average molecular weight is 235 g/mol. The second-order valence-corrected chi connectivity index (χ2v) is 4.51. The van der Waals surface area contributed by atoms with E-state index in [-0.39, 0.29) is 6.04 Å². The fraction of sp³-hybridized carbons (Fsp3) is 0.500. The minimum absolute atomic E-state index is 0.0359. The lowest BCUT2D eigenvalue weighted by atomic mass is 10.0. The minimum atomic E-state index is 0.0359. The molecular weight excluding hydrogens is 218 g/mol. The van der Waals surface area contributed by atoms with Crippen LogP contribution < -0.4 is 5.73 Å². The van der Waals surface area contributed by atoms with Gasteiger partial charge in [0.2, 0.25) is 11.7 Å². The van der Waals surface area contributed by atoms with E-state index in [0.717, 1.165) is 11.3 Å². The van der Waals surface area contributed by atoms with Crippen molar-refractivity contribution in [1.82, 2.24) is 10.1 Å². The third kappa shape index (κ3) is 2.55. The number of hydrogen-bond acceptors (Lipinski definition) is 5. The zero-order valence-electron chi connectivity index (χ0n) is 10.3. The summed E-state index contributed by atoms with van der Waals surface area (Å²) in [7, 11) is 0. The largest absolute Gasteiger partial charge is 0.469 e. The molecule has 92 valence electrons. The van der Waals surface area contributed by atoms with Gasteiger partial charge in [-0.25, -0.2) is 0 Å². The normalized spacial score (nSPS) is 13.2. The third-order valence-corrected chi connectivity index (χ3v) is 2.83. The lowest BCUT2D eigenvalue weighted by Gasteiger charge is -2.11. The van der Waals surface area contributed by atoms with Crippen molar-refractivity contribution < 1.29 is 8.94 Å². The van der Waals surface area contributed by atoms with Crippen LogP contribution in [-0.4, -0.2) is 16.2 Å². The summed E-state index contributed by atoms with van der Waals surface area (Å²) in [6.07, 6.45) is 2.21. The quantitative estimate of drug-likeness (QED) is 0.878. The highest BCUT2D eigenvalue weighted by Crippen LogP contribution is 2.21. The lowest BCUT2D eigenvalue weighted by molar-refractivity contribution is 0.353. The molecule has 0 aliphatic heterocycles. The molecule has 0 saturated heterocycles. The summed E-state index contributed by atoms with van der Waals surface area (Å²) in [5.74, 6) is 2.30. The molecule has 2 aromatic rings.